The SMILES string of the molecule is CCOC(=O)C(N)CC(F)(F)[C@]1(C)O[C@H](CC)[C@H](C)[C@H](OCc2ccccc2)[C@H]1OCc1ccccc1. The van der Waals surface area contributed by atoms with Crippen LogP contribution in [0.3, 0.4) is 0 Å². The quantitative estimate of drug-likeness (QED) is 0.385. The first kappa shape index (κ1) is 29.2. The summed E-state index contributed by atoms with van der Waals surface area (Å²) in [4.78, 5) is 12.1. The summed E-state index contributed by atoms with van der Waals surface area (Å²) >= 11 is 0. The summed E-state index contributed by atoms with van der Waals surface area (Å²) in [6.07, 6.45) is -2.78. The van der Waals surface area contributed by atoms with Gasteiger partial charge >= 0.3 is 5.97 Å². The summed E-state index contributed by atoms with van der Waals surface area (Å²) in [6, 6.07) is 17.4. The summed E-state index contributed by atoms with van der Waals surface area (Å²) in [7, 11) is 0. The summed E-state index contributed by atoms with van der Waals surface area (Å²) < 4.78 is 55.9. The topological polar surface area (TPSA) is 80.0 Å². The molecule has 0 spiro atoms. The number of hydrogen-bond donors (Lipinski definition) is 1. The number of benzene rings is 2. The van der Waals surface area contributed by atoms with Gasteiger partial charge in [0.1, 0.15) is 12.1 Å². The van der Waals surface area contributed by atoms with Crippen molar-refractivity contribution in [1.29, 1.82) is 0 Å². The van der Waals surface area contributed by atoms with Crippen LogP contribution in [-0.4, -0.2) is 48.5 Å². The van der Waals surface area contributed by atoms with E-state index in [1.807, 2.05) is 74.5 Å². The largest absolute Gasteiger partial charge is 0.465 e. The van der Waals surface area contributed by atoms with Gasteiger partial charge in [0.25, 0.3) is 5.92 Å². The van der Waals surface area contributed by atoms with E-state index in [0.29, 0.717) is 6.42 Å². The second-order valence-corrected chi connectivity index (χ2v) is 9.78. The summed E-state index contributed by atoms with van der Waals surface area (Å²) in [5.74, 6) is -4.62. The Hall–Kier alpha value is -2.39. The maximum absolute atomic E-state index is 16.1. The highest BCUT2D eigenvalue weighted by Gasteiger charge is 2.64. The van der Waals surface area contributed by atoms with E-state index in [-0.39, 0.29) is 25.7 Å². The molecule has 3 rings (SSSR count). The molecule has 0 saturated carbocycles. The van der Waals surface area contributed by atoms with Crippen molar-refractivity contribution in [1.82, 2.24) is 0 Å². The Morgan fingerprint density at radius 1 is 1.03 bits per heavy atom. The molecule has 6 atom stereocenters. The molecule has 0 aromatic heterocycles. The Morgan fingerprint density at radius 2 is 1.57 bits per heavy atom. The van der Waals surface area contributed by atoms with Gasteiger partial charge in [-0.15, -0.1) is 0 Å². The van der Waals surface area contributed by atoms with Crippen LogP contribution in [-0.2, 0) is 37.0 Å². The van der Waals surface area contributed by atoms with E-state index >= 15 is 8.78 Å². The second kappa shape index (κ2) is 12.9. The minimum Gasteiger partial charge on any atom is -0.465 e. The van der Waals surface area contributed by atoms with Gasteiger partial charge in [0.05, 0.1) is 32.0 Å². The lowest BCUT2D eigenvalue weighted by Gasteiger charge is -2.53. The number of carbonyl (C=O) groups is 1. The standard InChI is InChI=1S/C29H39F2NO5/c1-5-24-20(3)25(35-18-21-13-9-7-10-14-21)26(36-19-22-15-11-8-12-16-22)28(4,37-24)29(30,31)17-23(32)27(33)34-6-2/h7-16,20,23-26H,5-6,17-19,32H2,1-4H3/t20-,23?,24+,25-,26+,28+/m0/s1. The van der Waals surface area contributed by atoms with Crippen LogP contribution < -0.4 is 5.73 Å². The van der Waals surface area contributed by atoms with Crippen molar-refractivity contribution in [3.63, 3.8) is 0 Å². The molecule has 0 aliphatic carbocycles. The molecule has 2 aromatic carbocycles. The molecule has 1 unspecified atom stereocenters. The number of ether oxygens (including phenoxy) is 4. The number of nitrogens with two attached hydrogens (primary N) is 1. The number of rotatable bonds is 12. The third kappa shape index (κ3) is 6.93. The first-order valence-corrected chi connectivity index (χ1v) is 12.9. The highest BCUT2D eigenvalue weighted by atomic mass is 19.3. The average Bonchev–Trinajstić information content (AvgIpc) is 2.89. The predicted molar refractivity (Wildman–Crippen MR) is 137 cm³/mol. The number of carbonyl (C=O) groups excluding carboxylic acids is 1. The predicted octanol–water partition coefficient (Wildman–Crippen LogP) is 5.28. The molecule has 6 nitrogen and oxygen atoms in total. The third-order valence-corrected chi connectivity index (χ3v) is 7.09. The first-order chi connectivity index (χ1) is 17.6. The van der Waals surface area contributed by atoms with Gasteiger partial charge in [-0.1, -0.05) is 74.5 Å². The van der Waals surface area contributed by atoms with E-state index in [0.717, 1.165) is 11.1 Å². The summed E-state index contributed by atoms with van der Waals surface area (Å²) in [5.41, 5.74) is 5.50. The molecule has 0 bridgehead atoms. The smallest absolute Gasteiger partial charge is 0.323 e. The van der Waals surface area contributed by atoms with Crippen LogP contribution in [0.4, 0.5) is 8.78 Å². The average molecular weight is 520 g/mol. The fourth-order valence-electron chi connectivity index (χ4n) is 4.87. The molecular weight excluding hydrogens is 480 g/mol. The molecule has 0 amide bonds. The number of esters is 1. The van der Waals surface area contributed by atoms with E-state index in [4.69, 9.17) is 24.7 Å². The zero-order valence-electron chi connectivity index (χ0n) is 22.1. The molecule has 204 valence electrons. The van der Waals surface area contributed by atoms with Crippen molar-refractivity contribution in [3.05, 3.63) is 71.8 Å². The van der Waals surface area contributed by atoms with Gasteiger partial charge in [-0.25, -0.2) is 8.78 Å². The highest BCUT2D eigenvalue weighted by Crippen LogP contribution is 2.48. The lowest BCUT2D eigenvalue weighted by atomic mass is 9.76. The zero-order chi connectivity index (χ0) is 27.1. The molecule has 1 aliphatic rings. The van der Waals surface area contributed by atoms with Crippen molar-refractivity contribution in [3.8, 4) is 0 Å². The van der Waals surface area contributed by atoms with Crippen LogP contribution in [0.5, 0.6) is 0 Å². The molecule has 37 heavy (non-hydrogen) atoms. The minimum absolute atomic E-state index is 0.0551. The van der Waals surface area contributed by atoms with Gasteiger partial charge in [0.2, 0.25) is 0 Å². The first-order valence-electron chi connectivity index (χ1n) is 12.9. The fourth-order valence-corrected chi connectivity index (χ4v) is 4.87. The van der Waals surface area contributed by atoms with Crippen LogP contribution >= 0.6 is 0 Å². The number of alkyl halides is 2. The van der Waals surface area contributed by atoms with Crippen molar-refractivity contribution in [2.24, 2.45) is 11.7 Å². The van der Waals surface area contributed by atoms with Crippen molar-refractivity contribution >= 4 is 5.97 Å². The van der Waals surface area contributed by atoms with Gasteiger partial charge < -0.3 is 24.7 Å². The van der Waals surface area contributed by atoms with Crippen LogP contribution in [0.15, 0.2) is 60.7 Å². The van der Waals surface area contributed by atoms with E-state index < -0.39 is 48.3 Å². The summed E-state index contributed by atoms with van der Waals surface area (Å²) in [5, 5.41) is 0. The molecule has 2 aromatic rings. The molecule has 8 heteroatoms. The minimum atomic E-state index is -3.53. The monoisotopic (exact) mass is 519 g/mol. The molecule has 0 radical (unpaired) electrons. The summed E-state index contributed by atoms with van der Waals surface area (Å²) in [6.45, 7) is 7.16. The molecule has 1 aliphatic heterocycles. The van der Waals surface area contributed by atoms with Crippen LogP contribution in [0.25, 0.3) is 0 Å². The molecular formula is C29H39F2NO5. The maximum atomic E-state index is 16.1. The zero-order valence-corrected chi connectivity index (χ0v) is 22.1. The van der Waals surface area contributed by atoms with Crippen molar-refractivity contribution in [2.45, 2.75) is 89.6 Å². The second-order valence-electron chi connectivity index (χ2n) is 9.78. The molecule has 1 fully saturated rings. The van der Waals surface area contributed by atoms with Gasteiger partial charge in [0.15, 0.2) is 5.60 Å². The third-order valence-electron chi connectivity index (χ3n) is 7.09. The lowest BCUT2D eigenvalue weighted by Crippen LogP contribution is -2.69. The van der Waals surface area contributed by atoms with Gasteiger partial charge in [-0.2, -0.15) is 0 Å². The Morgan fingerprint density at radius 3 is 2.08 bits per heavy atom. The van der Waals surface area contributed by atoms with Crippen LogP contribution in [0, 0.1) is 5.92 Å². The van der Waals surface area contributed by atoms with E-state index in [2.05, 4.69) is 0 Å². The van der Waals surface area contributed by atoms with E-state index in [1.54, 1.807) is 6.92 Å². The Bertz CT molecular complexity index is 977. The molecule has 1 saturated heterocycles. The molecule has 2 N–H and O–H groups in total. The fraction of sp³-hybridized carbons (Fsp3) is 0.552. The highest BCUT2D eigenvalue weighted by molar-refractivity contribution is 5.75. The van der Waals surface area contributed by atoms with Gasteiger partial charge in [-0.3, -0.25) is 4.79 Å². The Balaban J connectivity index is 1.95. The van der Waals surface area contributed by atoms with E-state index in [9.17, 15) is 4.79 Å². The Labute approximate surface area is 218 Å². The normalized spacial score (nSPS) is 27.0. The van der Waals surface area contributed by atoms with Crippen LogP contribution in [0.2, 0.25) is 0 Å². The van der Waals surface area contributed by atoms with E-state index in [1.165, 1.54) is 6.92 Å². The van der Waals surface area contributed by atoms with Crippen molar-refractivity contribution < 1.29 is 32.5 Å². The van der Waals surface area contributed by atoms with Crippen LogP contribution in [0.1, 0.15) is 51.7 Å². The van der Waals surface area contributed by atoms with Crippen molar-refractivity contribution in [2.75, 3.05) is 6.61 Å². The number of hydrogen-bond acceptors (Lipinski definition) is 6. The maximum Gasteiger partial charge on any atom is 0.323 e. The van der Waals surface area contributed by atoms with Gasteiger partial charge in [0, 0.05) is 12.3 Å². The lowest BCUT2D eigenvalue weighted by molar-refractivity contribution is -0.332. The van der Waals surface area contributed by atoms with Gasteiger partial charge in [-0.05, 0) is 31.4 Å². The number of halogens is 2. The molecule has 1 heterocycles. The Kier molecular flexibility index (Phi) is 10.2.